The number of nitrogens with one attached hydrogen (secondary N) is 1. The van der Waals surface area contributed by atoms with Crippen molar-refractivity contribution < 1.29 is 4.79 Å². The van der Waals surface area contributed by atoms with Crippen LogP contribution in [-0.4, -0.2) is 10.5 Å². The van der Waals surface area contributed by atoms with Gasteiger partial charge in [0.2, 0.25) is 0 Å². The van der Waals surface area contributed by atoms with Crippen molar-refractivity contribution in [3.05, 3.63) is 53.9 Å². The maximum absolute atomic E-state index is 12.4. The third-order valence-electron chi connectivity index (χ3n) is 3.69. The normalized spacial score (nSPS) is 15.8. The van der Waals surface area contributed by atoms with Crippen molar-refractivity contribution in [2.24, 2.45) is 0 Å². The van der Waals surface area contributed by atoms with Crippen LogP contribution in [0.2, 0.25) is 0 Å². The first-order valence-electron chi connectivity index (χ1n) is 6.98. The summed E-state index contributed by atoms with van der Waals surface area (Å²) in [5.74, 6) is -0.0649. The Morgan fingerprint density at radius 3 is 2.70 bits per heavy atom. The van der Waals surface area contributed by atoms with Crippen LogP contribution in [0.4, 0.5) is 5.69 Å². The number of hydrogen-bond acceptors (Lipinski definition) is 2. The quantitative estimate of drug-likeness (QED) is 0.896. The highest BCUT2D eigenvalue weighted by molar-refractivity contribution is 5.94. The summed E-state index contributed by atoms with van der Waals surface area (Å²) < 4.78 is 2.00. The first-order valence-corrected chi connectivity index (χ1v) is 6.98. The minimum Gasteiger partial charge on any atom is -0.397 e. The van der Waals surface area contributed by atoms with Crippen LogP contribution >= 0.6 is 0 Å². The van der Waals surface area contributed by atoms with Gasteiger partial charge in [-0.15, -0.1) is 0 Å². The SMILES string of the molecule is CC(NC(=O)c1cc(N)cn1C1CC1)c1ccccc1. The Hall–Kier alpha value is -2.23. The fourth-order valence-electron chi connectivity index (χ4n) is 2.43. The Kier molecular flexibility index (Phi) is 3.22. The molecule has 4 heteroatoms. The number of anilines is 1. The molecule has 3 rings (SSSR count). The predicted molar refractivity (Wildman–Crippen MR) is 79.4 cm³/mol. The number of nitrogen functional groups attached to an aromatic ring is 1. The molecular formula is C16H19N3O. The van der Waals surface area contributed by atoms with E-state index in [0.29, 0.717) is 17.4 Å². The molecule has 1 aromatic carbocycles. The molecule has 1 amide bonds. The second-order valence-corrected chi connectivity index (χ2v) is 5.40. The third-order valence-corrected chi connectivity index (χ3v) is 3.69. The molecule has 1 fully saturated rings. The van der Waals surface area contributed by atoms with Gasteiger partial charge in [0.15, 0.2) is 0 Å². The smallest absolute Gasteiger partial charge is 0.268 e. The summed E-state index contributed by atoms with van der Waals surface area (Å²) >= 11 is 0. The molecule has 1 aromatic heterocycles. The number of amides is 1. The maximum Gasteiger partial charge on any atom is 0.268 e. The number of carbonyl (C=O) groups is 1. The minimum absolute atomic E-state index is 0.0209. The lowest BCUT2D eigenvalue weighted by Crippen LogP contribution is -2.28. The Morgan fingerprint density at radius 2 is 2.05 bits per heavy atom. The molecule has 0 bridgehead atoms. The standard InChI is InChI=1S/C16H19N3O/c1-11(12-5-3-2-4-6-12)18-16(20)15-9-13(17)10-19(15)14-7-8-14/h2-6,9-11,14H,7-8,17H2,1H3,(H,18,20). The van der Waals surface area contributed by atoms with Gasteiger partial charge < -0.3 is 15.6 Å². The highest BCUT2D eigenvalue weighted by atomic mass is 16.2. The van der Waals surface area contributed by atoms with E-state index in [1.165, 1.54) is 0 Å². The van der Waals surface area contributed by atoms with Crippen LogP contribution in [0.15, 0.2) is 42.6 Å². The summed E-state index contributed by atoms with van der Waals surface area (Å²) in [6.45, 7) is 1.99. The van der Waals surface area contributed by atoms with E-state index in [1.807, 2.05) is 48.0 Å². The van der Waals surface area contributed by atoms with Crippen LogP contribution in [0.3, 0.4) is 0 Å². The molecule has 20 heavy (non-hydrogen) atoms. The lowest BCUT2D eigenvalue weighted by molar-refractivity contribution is 0.0930. The number of carbonyl (C=O) groups excluding carboxylic acids is 1. The van der Waals surface area contributed by atoms with E-state index in [4.69, 9.17) is 5.73 Å². The molecule has 1 saturated carbocycles. The van der Waals surface area contributed by atoms with Crippen molar-refractivity contribution >= 4 is 11.6 Å². The highest BCUT2D eigenvalue weighted by Crippen LogP contribution is 2.37. The van der Waals surface area contributed by atoms with Gasteiger partial charge in [0.25, 0.3) is 5.91 Å². The largest absolute Gasteiger partial charge is 0.397 e. The molecule has 1 aliphatic carbocycles. The van der Waals surface area contributed by atoms with Gasteiger partial charge in [-0.1, -0.05) is 30.3 Å². The van der Waals surface area contributed by atoms with E-state index in [0.717, 1.165) is 18.4 Å². The van der Waals surface area contributed by atoms with E-state index in [-0.39, 0.29) is 11.9 Å². The molecule has 1 aliphatic rings. The van der Waals surface area contributed by atoms with E-state index in [9.17, 15) is 4.79 Å². The van der Waals surface area contributed by atoms with Crippen molar-refractivity contribution in [3.63, 3.8) is 0 Å². The van der Waals surface area contributed by atoms with Gasteiger partial charge in [-0.05, 0) is 31.4 Å². The van der Waals surface area contributed by atoms with Gasteiger partial charge in [-0.25, -0.2) is 0 Å². The summed E-state index contributed by atoms with van der Waals surface area (Å²) in [5, 5.41) is 3.03. The first kappa shape index (κ1) is 12.8. The first-order chi connectivity index (χ1) is 9.65. The van der Waals surface area contributed by atoms with Gasteiger partial charge in [0.1, 0.15) is 5.69 Å². The van der Waals surface area contributed by atoms with Crippen LogP contribution in [0.5, 0.6) is 0 Å². The monoisotopic (exact) mass is 269 g/mol. The molecule has 104 valence electrons. The van der Waals surface area contributed by atoms with Crippen molar-refractivity contribution in [2.75, 3.05) is 5.73 Å². The molecule has 1 unspecified atom stereocenters. The molecule has 3 N–H and O–H groups in total. The van der Waals surface area contributed by atoms with E-state index >= 15 is 0 Å². The molecule has 0 radical (unpaired) electrons. The van der Waals surface area contributed by atoms with Gasteiger partial charge >= 0.3 is 0 Å². The van der Waals surface area contributed by atoms with Crippen LogP contribution < -0.4 is 11.1 Å². The molecule has 0 aliphatic heterocycles. The Bertz CT molecular complexity index is 614. The minimum atomic E-state index is -0.0649. The second kappa shape index (κ2) is 5.04. The Balaban J connectivity index is 1.76. The fraction of sp³-hybridized carbons (Fsp3) is 0.312. The lowest BCUT2D eigenvalue weighted by atomic mass is 10.1. The zero-order valence-corrected chi connectivity index (χ0v) is 11.5. The van der Waals surface area contributed by atoms with Crippen LogP contribution in [0.25, 0.3) is 0 Å². The molecule has 1 heterocycles. The number of hydrogen-bond donors (Lipinski definition) is 2. The molecule has 4 nitrogen and oxygen atoms in total. The molecule has 2 aromatic rings. The van der Waals surface area contributed by atoms with E-state index < -0.39 is 0 Å². The third kappa shape index (κ3) is 2.54. The Morgan fingerprint density at radius 1 is 1.35 bits per heavy atom. The molecule has 0 saturated heterocycles. The molecule has 1 atom stereocenters. The number of benzene rings is 1. The summed E-state index contributed by atoms with van der Waals surface area (Å²) in [6.07, 6.45) is 4.12. The predicted octanol–water partition coefficient (Wildman–Crippen LogP) is 2.90. The van der Waals surface area contributed by atoms with Crippen molar-refractivity contribution in [3.8, 4) is 0 Å². The van der Waals surface area contributed by atoms with Crippen LogP contribution in [-0.2, 0) is 0 Å². The van der Waals surface area contributed by atoms with Gasteiger partial charge in [-0.2, -0.15) is 0 Å². The Labute approximate surface area is 118 Å². The summed E-state index contributed by atoms with van der Waals surface area (Å²) in [5.41, 5.74) is 8.23. The zero-order valence-electron chi connectivity index (χ0n) is 11.5. The highest BCUT2D eigenvalue weighted by Gasteiger charge is 2.28. The summed E-state index contributed by atoms with van der Waals surface area (Å²) in [6, 6.07) is 12.1. The number of aromatic nitrogens is 1. The number of nitrogens with zero attached hydrogens (tertiary/aromatic N) is 1. The number of nitrogens with two attached hydrogens (primary N) is 1. The fourth-order valence-corrected chi connectivity index (χ4v) is 2.43. The number of rotatable bonds is 4. The lowest BCUT2D eigenvalue weighted by Gasteiger charge is -2.15. The average molecular weight is 269 g/mol. The topological polar surface area (TPSA) is 60.1 Å². The van der Waals surface area contributed by atoms with Crippen LogP contribution in [0, 0.1) is 0 Å². The zero-order chi connectivity index (χ0) is 14.1. The molecular weight excluding hydrogens is 250 g/mol. The van der Waals surface area contributed by atoms with Gasteiger partial charge in [-0.3, -0.25) is 4.79 Å². The van der Waals surface area contributed by atoms with Crippen molar-refractivity contribution in [1.29, 1.82) is 0 Å². The average Bonchev–Trinajstić information content (AvgIpc) is 3.22. The van der Waals surface area contributed by atoms with Crippen molar-refractivity contribution in [1.82, 2.24) is 9.88 Å². The van der Waals surface area contributed by atoms with Gasteiger partial charge in [0.05, 0.1) is 11.7 Å². The van der Waals surface area contributed by atoms with E-state index in [2.05, 4.69) is 5.32 Å². The van der Waals surface area contributed by atoms with Crippen LogP contribution in [0.1, 0.15) is 47.9 Å². The van der Waals surface area contributed by atoms with Gasteiger partial charge in [0, 0.05) is 12.2 Å². The van der Waals surface area contributed by atoms with Crippen molar-refractivity contribution in [2.45, 2.75) is 31.8 Å². The second-order valence-electron chi connectivity index (χ2n) is 5.40. The maximum atomic E-state index is 12.4. The summed E-state index contributed by atoms with van der Waals surface area (Å²) in [4.78, 5) is 12.4. The molecule has 0 spiro atoms. The van der Waals surface area contributed by atoms with E-state index in [1.54, 1.807) is 6.07 Å². The summed E-state index contributed by atoms with van der Waals surface area (Å²) in [7, 11) is 0.